The Balaban J connectivity index is 2.24. The van der Waals surface area contributed by atoms with E-state index in [1.54, 1.807) is 10.7 Å². The lowest BCUT2D eigenvalue weighted by molar-refractivity contribution is -0.191. The molecule has 19 heavy (non-hydrogen) atoms. The molecule has 1 N–H and O–H groups in total. The van der Waals surface area contributed by atoms with Crippen LogP contribution >= 0.6 is 22.9 Å². The minimum atomic E-state index is -4.85. The highest BCUT2D eigenvalue weighted by molar-refractivity contribution is 7.14. The summed E-state index contributed by atoms with van der Waals surface area (Å²) in [6.07, 6.45) is -4.85. The highest BCUT2D eigenvalue weighted by Crippen LogP contribution is 2.36. The monoisotopic (exact) mass is 312 g/mol. The molecule has 2 heterocycles. The second-order valence-corrected chi connectivity index (χ2v) is 5.75. The molecule has 1 aliphatic rings. The lowest BCUT2D eigenvalue weighted by Crippen LogP contribution is -2.56. The van der Waals surface area contributed by atoms with E-state index in [2.05, 4.69) is 0 Å². The maximum atomic E-state index is 12.8. The average Bonchev–Trinajstić information content (AvgIpc) is 2.76. The van der Waals surface area contributed by atoms with Gasteiger partial charge in [0.15, 0.2) is 0 Å². The van der Waals surface area contributed by atoms with Crippen molar-refractivity contribution in [2.24, 2.45) is 0 Å². The van der Waals surface area contributed by atoms with Crippen molar-refractivity contribution in [3.05, 3.63) is 21.3 Å². The Kier molecular flexibility index (Phi) is 3.26. The quantitative estimate of drug-likeness (QED) is 0.854. The number of alkyl halides is 3. The van der Waals surface area contributed by atoms with E-state index in [0.29, 0.717) is 21.7 Å². The zero-order valence-electron chi connectivity index (χ0n) is 9.55. The van der Waals surface area contributed by atoms with Gasteiger partial charge in [-0.1, -0.05) is 11.6 Å². The number of imide groups is 1. The fraction of sp³-hybridized carbons (Fsp3) is 0.400. The van der Waals surface area contributed by atoms with Gasteiger partial charge >= 0.3 is 12.2 Å². The van der Waals surface area contributed by atoms with E-state index in [-0.39, 0.29) is 6.54 Å². The van der Waals surface area contributed by atoms with Gasteiger partial charge in [0.05, 0.1) is 10.9 Å². The fourth-order valence-electron chi connectivity index (χ4n) is 1.64. The molecule has 1 unspecified atom stereocenters. The molecule has 9 heteroatoms. The molecular formula is C10H8ClF3N2O2S. The van der Waals surface area contributed by atoms with E-state index in [0.717, 1.165) is 0 Å². The number of halogens is 4. The smallest absolute Gasteiger partial charge is 0.316 e. The van der Waals surface area contributed by atoms with E-state index in [4.69, 9.17) is 11.6 Å². The minimum absolute atomic E-state index is 0.237. The predicted molar refractivity (Wildman–Crippen MR) is 62.9 cm³/mol. The average molecular weight is 313 g/mol. The van der Waals surface area contributed by atoms with E-state index < -0.39 is 23.7 Å². The predicted octanol–water partition coefficient (Wildman–Crippen LogP) is 2.77. The van der Waals surface area contributed by atoms with Crippen LogP contribution in [0.4, 0.5) is 18.0 Å². The third kappa shape index (κ3) is 2.30. The van der Waals surface area contributed by atoms with Gasteiger partial charge in [-0.15, -0.1) is 11.3 Å². The summed E-state index contributed by atoms with van der Waals surface area (Å²) in [6.45, 7) is 0.410. The lowest BCUT2D eigenvalue weighted by atomic mass is 10.0. The molecule has 0 radical (unpaired) electrons. The van der Waals surface area contributed by atoms with Gasteiger partial charge in [-0.2, -0.15) is 13.2 Å². The maximum Gasteiger partial charge on any atom is 0.420 e. The number of amides is 3. The van der Waals surface area contributed by atoms with Crippen LogP contribution in [0.5, 0.6) is 0 Å². The van der Waals surface area contributed by atoms with Crippen LogP contribution in [-0.4, -0.2) is 28.6 Å². The van der Waals surface area contributed by atoms with Gasteiger partial charge in [0.2, 0.25) is 5.54 Å². The molecular weight excluding hydrogens is 305 g/mol. The van der Waals surface area contributed by atoms with Crippen molar-refractivity contribution in [1.82, 2.24) is 10.2 Å². The molecule has 0 bridgehead atoms. The van der Waals surface area contributed by atoms with Gasteiger partial charge in [0.25, 0.3) is 5.91 Å². The topological polar surface area (TPSA) is 49.4 Å². The highest BCUT2D eigenvalue weighted by Gasteiger charge is 2.64. The third-order valence-electron chi connectivity index (χ3n) is 2.80. The Morgan fingerprint density at radius 1 is 1.47 bits per heavy atom. The second-order valence-electron chi connectivity index (χ2n) is 4.20. The Labute approximate surface area is 115 Å². The number of rotatable bonds is 2. The SMILES string of the molecule is CC1(C(F)(F)F)NC(=O)N(Cc2csc(Cl)c2)C1=O. The molecule has 3 amide bonds. The third-order valence-corrected chi connectivity index (χ3v) is 3.94. The van der Waals surface area contributed by atoms with Crippen LogP contribution in [0, 0.1) is 0 Å². The number of carbonyl (C=O) groups is 2. The highest BCUT2D eigenvalue weighted by atomic mass is 35.5. The van der Waals surface area contributed by atoms with Crippen molar-refractivity contribution in [1.29, 1.82) is 0 Å². The molecule has 1 aliphatic heterocycles. The van der Waals surface area contributed by atoms with Gasteiger partial charge in [0, 0.05) is 0 Å². The molecule has 1 atom stereocenters. The molecule has 1 fully saturated rings. The molecule has 0 aromatic carbocycles. The summed E-state index contributed by atoms with van der Waals surface area (Å²) in [6, 6.07) is 0.433. The summed E-state index contributed by atoms with van der Waals surface area (Å²) in [5, 5.41) is 3.26. The number of thiophene rings is 1. The van der Waals surface area contributed by atoms with Crippen molar-refractivity contribution < 1.29 is 22.8 Å². The molecule has 0 spiro atoms. The normalized spacial score (nSPS) is 23.9. The first-order valence-electron chi connectivity index (χ1n) is 5.09. The van der Waals surface area contributed by atoms with E-state index in [9.17, 15) is 22.8 Å². The number of nitrogens with zero attached hydrogens (tertiary/aromatic N) is 1. The Hall–Kier alpha value is -1.28. The molecule has 1 saturated heterocycles. The van der Waals surface area contributed by atoms with Gasteiger partial charge in [0.1, 0.15) is 0 Å². The maximum absolute atomic E-state index is 12.8. The van der Waals surface area contributed by atoms with Crippen molar-refractivity contribution in [3.63, 3.8) is 0 Å². The van der Waals surface area contributed by atoms with Gasteiger partial charge in [-0.3, -0.25) is 9.69 Å². The molecule has 0 aliphatic carbocycles. The zero-order chi connectivity index (χ0) is 14.4. The lowest BCUT2D eigenvalue weighted by Gasteiger charge is -2.24. The van der Waals surface area contributed by atoms with E-state index >= 15 is 0 Å². The van der Waals surface area contributed by atoms with Crippen LogP contribution in [0.3, 0.4) is 0 Å². The van der Waals surface area contributed by atoms with Crippen molar-refractivity contribution in [2.45, 2.75) is 25.2 Å². The second kappa shape index (κ2) is 4.38. The van der Waals surface area contributed by atoms with Crippen LogP contribution in [0.2, 0.25) is 4.34 Å². The van der Waals surface area contributed by atoms with Crippen LogP contribution in [-0.2, 0) is 11.3 Å². The van der Waals surface area contributed by atoms with Gasteiger partial charge < -0.3 is 5.32 Å². The Bertz CT molecular complexity index is 545. The van der Waals surface area contributed by atoms with E-state index in [1.165, 1.54) is 17.4 Å². The zero-order valence-corrected chi connectivity index (χ0v) is 11.1. The first-order chi connectivity index (χ1) is 8.65. The van der Waals surface area contributed by atoms with Crippen molar-refractivity contribution >= 4 is 34.9 Å². The van der Waals surface area contributed by atoms with Gasteiger partial charge in [-0.05, 0) is 23.9 Å². The van der Waals surface area contributed by atoms with E-state index in [1.807, 2.05) is 0 Å². The number of hydrogen-bond acceptors (Lipinski definition) is 3. The Morgan fingerprint density at radius 3 is 2.53 bits per heavy atom. The fourth-order valence-corrected chi connectivity index (χ4v) is 2.54. The summed E-state index contributed by atoms with van der Waals surface area (Å²) in [5.74, 6) is -1.31. The number of carbonyl (C=O) groups excluding carboxylic acids is 2. The summed E-state index contributed by atoms with van der Waals surface area (Å²) < 4.78 is 38.8. The first-order valence-corrected chi connectivity index (χ1v) is 6.34. The molecule has 0 saturated carbocycles. The van der Waals surface area contributed by atoms with Crippen LogP contribution in [0.1, 0.15) is 12.5 Å². The van der Waals surface area contributed by atoms with Crippen molar-refractivity contribution in [3.8, 4) is 0 Å². The number of urea groups is 1. The largest absolute Gasteiger partial charge is 0.420 e. The van der Waals surface area contributed by atoms with Crippen LogP contribution in [0.15, 0.2) is 11.4 Å². The van der Waals surface area contributed by atoms with Crippen molar-refractivity contribution in [2.75, 3.05) is 0 Å². The Morgan fingerprint density at radius 2 is 2.11 bits per heavy atom. The van der Waals surface area contributed by atoms with Crippen LogP contribution in [0.25, 0.3) is 0 Å². The number of nitrogens with one attached hydrogen (secondary N) is 1. The molecule has 1 aromatic heterocycles. The number of hydrogen-bond donors (Lipinski definition) is 1. The van der Waals surface area contributed by atoms with Crippen LogP contribution < -0.4 is 5.32 Å². The summed E-state index contributed by atoms with van der Waals surface area (Å²) in [7, 11) is 0. The minimum Gasteiger partial charge on any atom is -0.316 e. The molecule has 4 nitrogen and oxygen atoms in total. The van der Waals surface area contributed by atoms with Gasteiger partial charge in [-0.25, -0.2) is 4.79 Å². The standard InChI is InChI=1S/C10H8ClF3N2O2S/c1-9(10(12,13)14)7(17)16(8(18)15-9)3-5-2-6(11)19-4-5/h2,4H,3H2,1H3,(H,15,18). The summed E-state index contributed by atoms with van der Waals surface area (Å²) >= 11 is 6.85. The molecule has 104 valence electrons. The summed E-state index contributed by atoms with van der Waals surface area (Å²) in [4.78, 5) is 23.8. The summed E-state index contributed by atoms with van der Waals surface area (Å²) in [5.41, 5.74) is -2.37. The molecule has 2 rings (SSSR count). The molecule has 1 aromatic rings. The first kappa shape index (κ1) is 14.1.